The Morgan fingerprint density at radius 2 is 1.78 bits per heavy atom. The van der Waals surface area contributed by atoms with E-state index in [1.807, 2.05) is 35.0 Å². The molecular formula is C16H25NO5S. The molecule has 1 atom stereocenters. The molecule has 1 unspecified atom stereocenters. The van der Waals surface area contributed by atoms with E-state index in [0.717, 1.165) is 12.0 Å². The van der Waals surface area contributed by atoms with Crippen LogP contribution in [0.4, 0.5) is 0 Å². The van der Waals surface area contributed by atoms with Crippen molar-refractivity contribution in [2.45, 2.75) is 31.4 Å². The molecule has 1 aromatic rings. The zero-order valence-electron chi connectivity index (χ0n) is 14.3. The second-order valence-electron chi connectivity index (χ2n) is 5.89. The fourth-order valence-electron chi connectivity index (χ4n) is 1.68. The zero-order valence-corrected chi connectivity index (χ0v) is 15.1. The van der Waals surface area contributed by atoms with Crippen molar-refractivity contribution in [2.24, 2.45) is 0 Å². The molecule has 7 heteroatoms. The maximum atomic E-state index is 10.9. The van der Waals surface area contributed by atoms with Gasteiger partial charge in [-0.3, -0.25) is 4.48 Å². The summed E-state index contributed by atoms with van der Waals surface area (Å²) in [5.41, 5.74) is 0.928. The molecule has 0 fully saturated rings. The largest absolute Gasteiger partial charge is 0.744 e. The van der Waals surface area contributed by atoms with E-state index in [2.05, 4.69) is 6.58 Å². The van der Waals surface area contributed by atoms with Crippen molar-refractivity contribution < 1.29 is 27.0 Å². The number of hydrogen-bond donors (Lipinski definition) is 0. The Bertz CT molecular complexity index is 615. The van der Waals surface area contributed by atoms with E-state index in [-0.39, 0.29) is 17.1 Å². The first kappa shape index (κ1) is 21.3. The van der Waals surface area contributed by atoms with Crippen LogP contribution in [-0.4, -0.2) is 50.8 Å². The molecule has 0 aromatic heterocycles. The van der Waals surface area contributed by atoms with Gasteiger partial charge in [0.25, 0.3) is 0 Å². The fraction of sp³-hybridized carbons (Fsp3) is 0.438. The lowest BCUT2D eigenvalue weighted by atomic mass is 10.2. The van der Waals surface area contributed by atoms with Gasteiger partial charge in [0.15, 0.2) is 0 Å². The van der Waals surface area contributed by atoms with Crippen LogP contribution in [0.2, 0.25) is 0 Å². The fourth-order valence-corrected chi connectivity index (χ4v) is 2.15. The number of carbonyl (C=O) groups excluding carboxylic acids is 1. The highest BCUT2D eigenvalue weighted by Crippen LogP contribution is 2.09. The highest BCUT2D eigenvalue weighted by molar-refractivity contribution is 7.85. The molecule has 0 saturated heterocycles. The first-order chi connectivity index (χ1) is 10.4. The lowest BCUT2D eigenvalue weighted by Gasteiger charge is -2.32. The summed E-state index contributed by atoms with van der Waals surface area (Å²) in [6.07, 6.45) is 1.91. The van der Waals surface area contributed by atoms with E-state index in [9.17, 15) is 17.8 Å². The summed E-state index contributed by atoms with van der Waals surface area (Å²) in [4.78, 5) is 10.7. The highest BCUT2D eigenvalue weighted by Gasteiger charge is 2.24. The van der Waals surface area contributed by atoms with E-state index in [1.54, 1.807) is 12.1 Å². The maximum Gasteiger partial charge on any atom is 0.334 e. The Labute approximate surface area is 138 Å². The Morgan fingerprint density at radius 1 is 1.30 bits per heavy atom. The van der Waals surface area contributed by atoms with Gasteiger partial charge in [-0.05, 0) is 19.1 Å². The van der Waals surface area contributed by atoms with Crippen LogP contribution in [-0.2, 0) is 19.6 Å². The van der Waals surface area contributed by atoms with Crippen LogP contribution < -0.4 is 0 Å². The molecular weight excluding hydrogens is 318 g/mol. The predicted molar refractivity (Wildman–Crippen MR) is 87.5 cm³/mol. The van der Waals surface area contributed by atoms with Crippen molar-refractivity contribution >= 4 is 16.1 Å². The SMILES string of the molecule is C=CC(=O)OC(CC)[N+](C)(C)C.Cc1ccc(S(=O)(=O)[O-])cc1. The number of ether oxygens (including phenoxy) is 1. The van der Waals surface area contributed by atoms with Crippen molar-refractivity contribution in [3.8, 4) is 0 Å². The Hall–Kier alpha value is -1.70. The minimum Gasteiger partial charge on any atom is -0.744 e. The molecule has 0 aliphatic carbocycles. The van der Waals surface area contributed by atoms with Crippen LogP contribution in [0.3, 0.4) is 0 Å². The number of aryl methyl sites for hydroxylation is 1. The minimum absolute atomic E-state index is 0.0875. The number of esters is 1. The zero-order chi connectivity index (χ0) is 18.3. The van der Waals surface area contributed by atoms with Gasteiger partial charge in [0.05, 0.1) is 26.0 Å². The molecule has 0 amide bonds. The van der Waals surface area contributed by atoms with Gasteiger partial charge < -0.3 is 9.29 Å². The van der Waals surface area contributed by atoms with E-state index in [1.165, 1.54) is 18.2 Å². The summed E-state index contributed by atoms with van der Waals surface area (Å²) >= 11 is 0. The number of hydrogen-bond acceptors (Lipinski definition) is 5. The molecule has 0 aliphatic heterocycles. The van der Waals surface area contributed by atoms with Crippen LogP contribution in [0.15, 0.2) is 41.8 Å². The minimum atomic E-state index is -4.27. The van der Waals surface area contributed by atoms with Crippen molar-refractivity contribution in [2.75, 3.05) is 21.1 Å². The Balaban J connectivity index is 0.000000422. The molecule has 0 aliphatic rings. The van der Waals surface area contributed by atoms with Gasteiger partial charge in [0.2, 0.25) is 6.23 Å². The van der Waals surface area contributed by atoms with Gasteiger partial charge >= 0.3 is 5.97 Å². The maximum absolute atomic E-state index is 10.9. The van der Waals surface area contributed by atoms with Crippen LogP contribution in [0.5, 0.6) is 0 Å². The number of benzene rings is 1. The van der Waals surface area contributed by atoms with E-state index >= 15 is 0 Å². The van der Waals surface area contributed by atoms with Gasteiger partial charge in [-0.2, -0.15) is 0 Å². The van der Waals surface area contributed by atoms with Crippen LogP contribution in [0.1, 0.15) is 18.9 Å². The highest BCUT2D eigenvalue weighted by atomic mass is 32.2. The number of rotatable bonds is 5. The van der Waals surface area contributed by atoms with Gasteiger partial charge in [0, 0.05) is 12.5 Å². The van der Waals surface area contributed by atoms with Crippen molar-refractivity contribution in [3.05, 3.63) is 42.5 Å². The summed E-state index contributed by atoms with van der Waals surface area (Å²) in [6, 6.07) is 5.78. The first-order valence-electron chi connectivity index (χ1n) is 7.08. The molecule has 6 nitrogen and oxygen atoms in total. The first-order valence-corrected chi connectivity index (χ1v) is 8.49. The molecule has 0 N–H and O–H groups in total. The summed E-state index contributed by atoms with van der Waals surface area (Å²) in [5.74, 6) is -0.352. The normalized spacial score (nSPS) is 12.6. The Morgan fingerprint density at radius 3 is 2.09 bits per heavy atom. The third-order valence-corrected chi connectivity index (χ3v) is 3.79. The van der Waals surface area contributed by atoms with Gasteiger partial charge in [-0.15, -0.1) is 0 Å². The van der Waals surface area contributed by atoms with Gasteiger partial charge in [-0.1, -0.05) is 31.2 Å². The van der Waals surface area contributed by atoms with E-state index in [4.69, 9.17) is 4.74 Å². The topological polar surface area (TPSA) is 83.5 Å². The summed E-state index contributed by atoms with van der Waals surface area (Å²) in [7, 11) is 1.70. The lowest BCUT2D eigenvalue weighted by Crippen LogP contribution is -2.47. The molecule has 0 radical (unpaired) electrons. The standard InChI is InChI=1S/C9H18NO2.C7H8O3S/c1-6-8(10(3,4)5)12-9(11)7-2;1-6-2-4-7(5-3-6)11(8,9)10/h7-8H,2,6H2,1,3-5H3;2-5H,1H3,(H,8,9,10)/q+1;/p-1. The lowest BCUT2D eigenvalue weighted by molar-refractivity contribution is -0.916. The van der Waals surface area contributed by atoms with Crippen molar-refractivity contribution in [3.63, 3.8) is 0 Å². The number of quaternary nitrogens is 1. The second kappa shape index (κ2) is 8.81. The van der Waals surface area contributed by atoms with Crippen LogP contribution >= 0.6 is 0 Å². The molecule has 130 valence electrons. The monoisotopic (exact) mass is 343 g/mol. The van der Waals surface area contributed by atoms with Crippen molar-refractivity contribution in [1.82, 2.24) is 0 Å². The van der Waals surface area contributed by atoms with Gasteiger partial charge in [-0.25, -0.2) is 13.2 Å². The summed E-state index contributed by atoms with van der Waals surface area (Å²) < 4.78 is 36.9. The van der Waals surface area contributed by atoms with Crippen LogP contribution in [0.25, 0.3) is 0 Å². The molecule has 1 aromatic carbocycles. The quantitative estimate of drug-likeness (QED) is 0.269. The van der Waals surface area contributed by atoms with E-state index < -0.39 is 10.1 Å². The summed E-state index contributed by atoms with van der Waals surface area (Å²) in [5, 5.41) is 0. The molecule has 0 bridgehead atoms. The number of nitrogens with zero attached hydrogens (tertiary/aromatic N) is 1. The summed E-state index contributed by atoms with van der Waals surface area (Å²) in [6.45, 7) is 7.16. The molecule has 0 heterocycles. The van der Waals surface area contributed by atoms with Gasteiger partial charge in [0.1, 0.15) is 10.1 Å². The molecule has 1 rings (SSSR count). The van der Waals surface area contributed by atoms with Crippen LogP contribution in [0, 0.1) is 6.92 Å². The number of carbonyl (C=O) groups is 1. The van der Waals surface area contributed by atoms with Crippen molar-refractivity contribution in [1.29, 1.82) is 0 Å². The average molecular weight is 343 g/mol. The average Bonchev–Trinajstić information content (AvgIpc) is 2.43. The third-order valence-electron chi connectivity index (χ3n) is 2.94. The smallest absolute Gasteiger partial charge is 0.334 e. The third kappa shape index (κ3) is 8.49. The predicted octanol–water partition coefficient (Wildman–Crippen LogP) is 2.06. The van der Waals surface area contributed by atoms with E-state index in [0.29, 0.717) is 4.48 Å². The second-order valence-corrected chi connectivity index (χ2v) is 7.27. The molecule has 23 heavy (non-hydrogen) atoms. The molecule has 0 spiro atoms. The Kier molecular flexibility index (Phi) is 8.16. The molecule has 0 saturated carbocycles.